The molecule has 0 fully saturated rings. The van der Waals surface area contributed by atoms with Crippen molar-refractivity contribution in [3.63, 3.8) is 0 Å². The molecule has 0 amide bonds. The van der Waals surface area contributed by atoms with Crippen molar-refractivity contribution >= 4 is 43.0 Å². The van der Waals surface area contributed by atoms with Gasteiger partial charge in [0, 0.05) is 28.4 Å². The summed E-state index contributed by atoms with van der Waals surface area (Å²) in [5.74, 6) is 0. The Morgan fingerprint density at radius 2 is 1.88 bits per heavy atom. The van der Waals surface area contributed by atoms with E-state index in [1.807, 2.05) is 34.7 Å². The molecule has 0 spiro atoms. The molecule has 3 heterocycles. The molecule has 0 aliphatic carbocycles. The standard InChI is InChI=1S/C21H17N3S2/c1-21(2)19-18(15-7-3-4-8-17(15)24-21)20(26-25-19)23-14-9-10-16-13(12-14)6-5-11-22-16/h3-12,24H,1-2H3. The molecule has 2 aromatic heterocycles. The summed E-state index contributed by atoms with van der Waals surface area (Å²) in [6.45, 7) is 4.47. The number of aromatic nitrogens is 1. The number of benzene rings is 2. The van der Waals surface area contributed by atoms with Crippen molar-refractivity contribution in [2.24, 2.45) is 4.99 Å². The number of anilines is 1. The smallest absolute Gasteiger partial charge is 0.135 e. The summed E-state index contributed by atoms with van der Waals surface area (Å²) in [6.07, 6.45) is 1.82. The van der Waals surface area contributed by atoms with Gasteiger partial charge in [-0.05, 0) is 44.2 Å². The van der Waals surface area contributed by atoms with Crippen molar-refractivity contribution in [3.05, 3.63) is 70.3 Å². The van der Waals surface area contributed by atoms with Crippen LogP contribution in [-0.2, 0) is 5.54 Å². The Bertz CT molecular complexity index is 1200. The van der Waals surface area contributed by atoms with E-state index >= 15 is 0 Å². The van der Waals surface area contributed by atoms with Gasteiger partial charge in [0.05, 0.1) is 21.6 Å². The highest BCUT2D eigenvalue weighted by Gasteiger charge is 2.33. The first-order valence-corrected chi connectivity index (χ1v) is 10.7. The van der Waals surface area contributed by atoms with Crippen LogP contribution in [0.4, 0.5) is 11.4 Å². The van der Waals surface area contributed by atoms with Gasteiger partial charge >= 0.3 is 0 Å². The average Bonchev–Trinajstić information content (AvgIpc) is 3.06. The van der Waals surface area contributed by atoms with E-state index in [0.29, 0.717) is 0 Å². The highest BCUT2D eigenvalue weighted by molar-refractivity contribution is 7.68. The summed E-state index contributed by atoms with van der Waals surface area (Å²) in [6, 6.07) is 18.7. The van der Waals surface area contributed by atoms with E-state index in [1.54, 1.807) is 10.3 Å². The minimum absolute atomic E-state index is 0.0913. The number of nitrogens with zero attached hydrogens (tertiary/aromatic N) is 2. The largest absolute Gasteiger partial charge is 0.375 e. The number of hydrogen-bond acceptors (Lipinski definition) is 5. The molecule has 1 aliphatic heterocycles. The number of hydrogen-bond donors (Lipinski definition) is 1. The Morgan fingerprint density at radius 1 is 1.00 bits per heavy atom. The van der Waals surface area contributed by atoms with Gasteiger partial charge in [-0.25, -0.2) is 4.99 Å². The number of pyridine rings is 1. The zero-order chi connectivity index (χ0) is 17.7. The molecule has 128 valence electrons. The van der Waals surface area contributed by atoms with Crippen molar-refractivity contribution in [1.82, 2.24) is 4.98 Å². The average molecular weight is 376 g/mol. The van der Waals surface area contributed by atoms with Gasteiger partial charge < -0.3 is 5.32 Å². The molecule has 2 aromatic carbocycles. The Morgan fingerprint density at radius 3 is 2.81 bits per heavy atom. The van der Waals surface area contributed by atoms with Crippen LogP contribution in [0.3, 0.4) is 0 Å². The molecule has 4 aromatic rings. The maximum Gasteiger partial charge on any atom is 0.135 e. The number of para-hydroxylation sites is 1. The van der Waals surface area contributed by atoms with Gasteiger partial charge in [-0.3, -0.25) is 4.98 Å². The second-order valence-corrected chi connectivity index (χ2v) is 9.09. The van der Waals surface area contributed by atoms with E-state index in [-0.39, 0.29) is 5.54 Å². The fourth-order valence-corrected chi connectivity index (χ4v) is 6.38. The molecule has 0 atom stereocenters. The Hall–Kier alpha value is -2.50. The van der Waals surface area contributed by atoms with Crippen LogP contribution in [0.2, 0.25) is 0 Å². The monoisotopic (exact) mass is 375 g/mol. The third-order valence-corrected chi connectivity index (χ3v) is 7.31. The predicted octanol–water partition coefficient (Wildman–Crippen LogP) is 5.92. The SMILES string of the molecule is CC1(C)Nc2ccccc2-c2c1ssc2=Nc1ccc2ncccc2c1. The van der Waals surface area contributed by atoms with Crippen LogP contribution in [0.5, 0.6) is 0 Å². The number of fused-ring (bicyclic) bond motifs is 4. The summed E-state index contributed by atoms with van der Waals surface area (Å²) >= 11 is 0. The molecule has 1 N–H and O–H groups in total. The maximum atomic E-state index is 5.00. The molecule has 1 aliphatic rings. The fourth-order valence-electron chi connectivity index (χ4n) is 3.44. The molecule has 5 heteroatoms. The first kappa shape index (κ1) is 15.7. The zero-order valence-corrected chi connectivity index (χ0v) is 16.1. The van der Waals surface area contributed by atoms with Crippen LogP contribution in [0, 0.1) is 0 Å². The van der Waals surface area contributed by atoms with E-state index in [1.165, 1.54) is 21.7 Å². The highest BCUT2D eigenvalue weighted by Crippen LogP contribution is 2.45. The van der Waals surface area contributed by atoms with Crippen LogP contribution in [-0.4, -0.2) is 4.98 Å². The first-order chi connectivity index (χ1) is 12.6. The lowest BCUT2D eigenvalue weighted by molar-refractivity contribution is 0.619. The maximum absolute atomic E-state index is 5.00. The lowest BCUT2D eigenvalue weighted by Gasteiger charge is -2.33. The van der Waals surface area contributed by atoms with E-state index < -0.39 is 0 Å². The van der Waals surface area contributed by atoms with Crippen LogP contribution >= 0.6 is 20.7 Å². The quantitative estimate of drug-likeness (QED) is 0.419. The molecule has 0 saturated carbocycles. The summed E-state index contributed by atoms with van der Waals surface area (Å²) in [4.78, 5) is 10.7. The molecule has 3 nitrogen and oxygen atoms in total. The lowest BCUT2D eigenvalue weighted by atomic mass is 9.90. The van der Waals surface area contributed by atoms with Gasteiger partial charge in [-0.2, -0.15) is 0 Å². The van der Waals surface area contributed by atoms with Crippen molar-refractivity contribution in [1.29, 1.82) is 0 Å². The summed E-state index contributed by atoms with van der Waals surface area (Å²) in [7, 11) is 3.57. The van der Waals surface area contributed by atoms with Crippen molar-refractivity contribution < 1.29 is 0 Å². The Kier molecular flexibility index (Phi) is 3.48. The van der Waals surface area contributed by atoms with Crippen molar-refractivity contribution in [2.45, 2.75) is 19.4 Å². The predicted molar refractivity (Wildman–Crippen MR) is 111 cm³/mol. The van der Waals surface area contributed by atoms with Crippen molar-refractivity contribution in [2.75, 3.05) is 5.32 Å². The molecule has 0 saturated heterocycles. The fraction of sp³-hybridized carbons (Fsp3) is 0.143. The molecule has 0 unspecified atom stereocenters. The van der Waals surface area contributed by atoms with Crippen LogP contribution < -0.4 is 9.99 Å². The first-order valence-electron chi connectivity index (χ1n) is 8.52. The van der Waals surface area contributed by atoms with Gasteiger partial charge in [-0.15, -0.1) is 0 Å². The second-order valence-electron chi connectivity index (χ2n) is 6.96. The molecule has 5 rings (SSSR count). The second kappa shape index (κ2) is 5.76. The molecular formula is C21H17N3S2. The third-order valence-electron chi connectivity index (χ3n) is 4.67. The summed E-state index contributed by atoms with van der Waals surface area (Å²) in [5, 5.41) is 4.78. The number of rotatable bonds is 1. The minimum atomic E-state index is -0.0913. The topological polar surface area (TPSA) is 37.3 Å². The lowest BCUT2D eigenvalue weighted by Crippen LogP contribution is -2.31. The van der Waals surface area contributed by atoms with Crippen LogP contribution in [0.15, 0.2) is 65.8 Å². The summed E-state index contributed by atoms with van der Waals surface area (Å²) < 4.78 is 1.08. The minimum Gasteiger partial charge on any atom is -0.375 e. The molecule has 26 heavy (non-hydrogen) atoms. The van der Waals surface area contributed by atoms with Gasteiger partial charge in [0.25, 0.3) is 0 Å². The van der Waals surface area contributed by atoms with E-state index in [2.05, 4.69) is 60.5 Å². The van der Waals surface area contributed by atoms with E-state index in [0.717, 1.165) is 21.3 Å². The van der Waals surface area contributed by atoms with E-state index in [4.69, 9.17) is 4.99 Å². The normalized spacial score (nSPS) is 15.4. The zero-order valence-electron chi connectivity index (χ0n) is 14.5. The van der Waals surface area contributed by atoms with Crippen LogP contribution in [0.1, 0.15) is 18.7 Å². The third kappa shape index (κ3) is 2.47. The van der Waals surface area contributed by atoms with Gasteiger partial charge in [0.1, 0.15) is 4.67 Å². The molecular weight excluding hydrogens is 358 g/mol. The van der Waals surface area contributed by atoms with Crippen LogP contribution in [0.25, 0.3) is 22.0 Å². The molecule has 0 radical (unpaired) electrons. The number of nitrogens with one attached hydrogen (secondary N) is 1. The van der Waals surface area contributed by atoms with Gasteiger partial charge in [0.15, 0.2) is 0 Å². The van der Waals surface area contributed by atoms with Crippen molar-refractivity contribution in [3.8, 4) is 11.1 Å². The van der Waals surface area contributed by atoms with Gasteiger partial charge in [0.2, 0.25) is 0 Å². The summed E-state index contributed by atoms with van der Waals surface area (Å²) in [5.41, 5.74) is 5.56. The Labute approximate surface area is 159 Å². The van der Waals surface area contributed by atoms with Gasteiger partial charge in [-0.1, -0.05) is 44.9 Å². The van der Waals surface area contributed by atoms with E-state index in [9.17, 15) is 0 Å². The Balaban J connectivity index is 1.74. The highest BCUT2D eigenvalue weighted by atomic mass is 32.9. The molecule has 0 bridgehead atoms.